The van der Waals surface area contributed by atoms with Gasteiger partial charge in [-0.25, -0.2) is 8.98 Å². The van der Waals surface area contributed by atoms with E-state index < -0.39 is 34.2 Å². The predicted molar refractivity (Wildman–Crippen MR) is 150 cm³/mol. The molecular formula is C30H31NO9S. The largest absolute Gasteiger partial charge is 0.497 e. The van der Waals surface area contributed by atoms with Crippen molar-refractivity contribution in [3.05, 3.63) is 94.6 Å². The Hall–Kier alpha value is -3.90. The highest BCUT2D eigenvalue weighted by Crippen LogP contribution is 2.49. The fourth-order valence-corrected chi connectivity index (χ4v) is 5.87. The van der Waals surface area contributed by atoms with Gasteiger partial charge in [0.25, 0.3) is 15.9 Å². The molecule has 1 atom stereocenters. The number of aliphatic hydroxyl groups is 1. The maximum Gasteiger partial charge on any atom is 0.342 e. The van der Waals surface area contributed by atoms with Gasteiger partial charge in [0.2, 0.25) is 6.79 Å². The number of methoxy groups -OCH3 is 1. The number of ether oxygens (including phenoxy) is 4. The Morgan fingerprint density at radius 1 is 0.976 bits per heavy atom. The molecule has 0 bridgehead atoms. The number of carbonyl (C=O) groups excluding carboxylic acids is 1. The van der Waals surface area contributed by atoms with E-state index in [1.54, 1.807) is 42.5 Å². The Morgan fingerprint density at radius 3 is 2.41 bits per heavy atom. The van der Waals surface area contributed by atoms with Crippen LogP contribution >= 0.6 is 0 Å². The molecule has 0 saturated heterocycles. The molecule has 216 valence electrons. The summed E-state index contributed by atoms with van der Waals surface area (Å²) in [6.45, 7) is 0.0596. The minimum Gasteiger partial charge on any atom is -0.497 e. The fraction of sp³-hybridized carbons (Fsp3) is 0.300. The molecule has 11 heteroatoms. The van der Waals surface area contributed by atoms with Crippen LogP contribution in [-0.2, 0) is 42.6 Å². The second-order valence-electron chi connectivity index (χ2n) is 9.96. The highest BCUT2D eigenvalue weighted by Gasteiger charge is 2.53. The van der Waals surface area contributed by atoms with E-state index in [0.29, 0.717) is 29.4 Å². The van der Waals surface area contributed by atoms with Crippen LogP contribution in [0.3, 0.4) is 0 Å². The number of esters is 1. The van der Waals surface area contributed by atoms with Crippen molar-refractivity contribution in [3.8, 4) is 17.2 Å². The molecule has 10 nitrogen and oxygen atoms in total. The van der Waals surface area contributed by atoms with Crippen LogP contribution in [0.5, 0.6) is 17.2 Å². The van der Waals surface area contributed by atoms with Crippen molar-refractivity contribution >= 4 is 21.7 Å². The number of carbonyl (C=O) groups is 1. The first-order valence-electron chi connectivity index (χ1n) is 12.9. The van der Waals surface area contributed by atoms with Gasteiger partial charge in [0.05, 0.1) is 25.0 Å². The number of hydrogen-bond acceptors (Lipinski definition) is 10. The molecule has 0 aromatic heterocycles. The second-order valence-corrected chi connectivity index (χ2v) is 11.6. The molecule has 2 aliphatic heterocycles. The maximum absolute atomic E-state index is 13.7. The lowest BCUT2D eigenvalue weighted by atomic mass is 9.87. The third-order valence-electron chi connectivity index (χ3n) is 6.73. The lowest BCUT2D eigenvalue weighted by molar-refractivity contribution is -0.174. The molecule has 1 N–H and O–H groups in total. The molecule has 0 fully saturated rings. The Kier molecular flexibility index (Phi) is 8.05. The Balaban J connectivity index is 1.74. The van der Waals surface area contributed by atoms with Crippen LogP contribution in [0.2, 0.25) is 0 Å². The van der Waals surface area contributed by atoms with Gasteiger partial charge in [0.1, 0.15) is 5.75 Å². The number of cyclic esters (lactones) is 1. The van der Waals surface area contributed by atoms with Crippen LogP contribution in [0.15, 0.2) is 72.3 Å². The van der Waals surface area contributed by atoms with Gasteiger partial charge in [-0.2, -0.15) is 8.42 Å². The van der Waals surface area contributed by atoms with Crippen LogP contribution in [0.1, 0.15) is 22.3 Å². The number of nitrogens with zero attached hydrogens (tertiary/aromatic N) is 1. The lowest BCUT2D eigenvalue weighted by Gasteiger charge is -2.31. The van der Waals surface area contributed by atoms with Gasteiger partial charge in [-0.1, -0.05) is 30.3 Å². The molecule has 3 aromatic rings. The zero-order valence-electron chi connectivity index (χ0n) is 23.0. The Morgan fingerprint density at radius 2 is 1.71 bits per heavy atom. The van der Waals surface area contributed by atoms with Gasteiger partial charge in [0.15, 0.2) is 11.5 Å². The number of benzene rings is 3. The summed E-state index contributed by atoms with van der Waals surface area (Å²) in [5.74, 6) is -2.09. The number of rotatable bonds is 11. The van der Waals surface area contributed by atoms with Gasteiger partial charge in [-0.15, -0.1) is 0 Å². The zero-order valence-corrected chi connectivity index (χ0v) is 23.8. The van der Waals surface area contributed by atoms with E-state index in [4.69, 9.17) is 23.1 Å². The maximum atomic E-state index is 13.7. The third-order valence-corrected chi connectivity index (χ3v) is 7.90. The molecule has 5 rings (SSSR count). The van der Waals surface area contributed by atoms with Crippen LogP contribution < -0.4 is 14.2 Å². The summed E-state index contributed by atoms with van der Waals surface area (Å²) < 4.78 is 54.2. The second kappa shape index (κ2) is 11.5. The Bertz CT molecular complexity index is 1580. The topological polar surface area (TPSA) is 121 Å². The summed E-state index contributed by atoms with van der Waals surface area (Å²) in [6.07, 6.45) is 0.122. The van der Waals surface area contributed by atoms with Crippen LogP contribution in [0.25, 0.3) is 5.57 Å². The molecule has 2 aliphatic rings. The van der Waals surface area contributed by atoms with Crippen LogP contribution in [0.4, 0.5) is 0 Å². The first kappa shape index (κ1) is 28.6. The first-order chi connectivity index (χ1) is 19.6. The zero-order chi connectivity index (χ0) is 29.2. The van der Waals surface area contributed by atoms with Gasteiger partial charge in [-0.05, 0) is 67.2 Å². The van der Waals surface area contributed by atoms with E-state index in [9.17, 15) is 18.3 Å². The van der Waals surface area contributed by atoms with Crippen molar-refractivity contribution in [3.63, 3.8) is 0 Å². The van der Waals surface area contributed by atoms with Gasteiger partial charge in [-0.3, -0.25) is 0 Å². The van der Waals surface area contributed by atoms with E-state index in [1.807, 2.05) is 43.3 Å². The Labute approximate surface area is 238 Å². The molecule has 0 radical (unpaired) electrons. The van der Waals surface area contributed by atoms with Gasteiger partial charge in [0, 0.05) is 24.1 Å². The molecule has 0 aliphatic carbocycles. The molecule has 2 heterocycles. The summed E-state index contributed by atoms with van der Waals surface area (Å²) >= 11 is 0. The monoisotopic (exact) mass is 581 g/mol. The summed E-state index contributed by atoms with van der Waals surface area (Å²) in [4.78, 5) is 15.8. The normalized spacial score (nSPS) is 18.2. The lowest BCUT2D eigenvalue weighted by Crippen LogP contribution is -2.37. The van der Waals surface area contributed by atoms with Gasteiger partial charge >= 0.3 is 5.97 Å². The quantitative estimate of drug-likeness (QED) is 0.267. The molecular weight excluding hydrogens is 550 g/mol. The number of fused-ring (bicyclic) bond motifs is 1. The summed E-state index contributed by atoms with van der Waals surface area (Å²) in [5.41, 5.74) is 3.01. The highest BCUT2D eigenvalue weighted by atomic mass is 32.2. The molecule has 1 unspecified atom stereocenters. The predicted octanol–water partition coefficient (Wildman–Crippen LogP) is 3.23. The highest BCUT2D eigenvalue weighted by molar-refractivity contribution is 7.86. The fourth-order valence-electron chi connectivity index (χ4n) is 4.98. The van der Waals surface area contributed by atoms with E-state index in [-0.39, 0.29) is 29.9 Å². The summed E-state index contributed by atoms with van der Waals surface area (Å²) in [6, 6.07) is 19.3. The van der Waals surface area contributed by atoms with Crippen LogP contribution in [-0.4, -0.2) is 64.8 Å². The van der Waals surface area contributed by atoms with Crippen molar-refractivity contribution in [2.75, 3.05) is 40.4 Å². The number of hydrogen-bond donors (Lipinski definition) is 1. The van der Waals surface area contributed by atoms with Crippen molar-refractivity contribution < 1.29 is 41.4 Å². The number of aliphatic hydroxyl groups excluding tert-OH is 1. The van der Waals surface area contributed by atoms with Gasteiger partial charge < -0.3 is 29.0 Å². The van der Waals surface area contributed by atoms with E-state index in [0.717, 1.165) is 11.1 Å². The first-order valence-corrected chi connectivity index (χ1v) is 14.5. The summed E-state index contributed by atoms with van der Waals surface area (Å²) in [5, 5.41) is 9.45. The van der Waals surface area contributed by atoms with Crippen molar-refractivity contribution in [2.24, 2.45) is 0 Å². The third kappa shape index (κ3) is 5.94. The average molecular weight is 582 g/mol. The SMILES string of the molecule is COc1ccc(C2(OS(=O)(=O)CCO)OC(=O)C(c3ccc4c(c3)OCO4)=C2Cc2cccc(CN(C)C)c2)cc1. The molecule has 0 saturated carbocycles. The van der Waals surface area contributed by atoms with Crippen molar-refractivity contribution in [2.45, 2.75) is 18.8 Å². The van der Waals surface area contributed by atoms with E-state index in [2.05, 4.69) is 0 Å². The van der Waals surface area contributed by atoms with E-state index >= 15 is 0 Å². The molecule has 0 amide bonds. The minimum absolute atomic E-state index is 0.0477. The van der Waals surface area contributed by atoms with Crippen molar-refractivity contribution in [1.82, 2.24) is 4.90 Å². The van der Waals surface area contributed by atoms with Crippen molar-refractivity contribution in [1.29, 1.82) is 0 Å². The minimum atomic E-state index is -4.37. The van der Waals surface area contributed by atoms with Crippen LogP contribution in [0, 0.1) is 0 Å². The molecule has 41 heavy (non-hydrogen) atoms. The molecule has 3 aromatic carbocycles. The molecule has 0 spiro atoms. The smallest absolute Gasteiger partial charge is 0.342 e. The standard InChI is InChI=1S/C30H31NO9S/c1-31(2)18-21-6-4-5-20(15-21)16-25-28(22-7-12-26-27(17-22)38-19-37-26)29(33)39-30(25,40-41(34,35)14-13-32)23-8-10-24(36-3)11-9-23/h4-12,15,17,32H,13-14,16,18-19H2,1-3H3. The summed E-state index contributed by atoms with van der Waals surface area (Å²) in [7, 11) is 1.06. The van der Waals surface area contributed by atoms with E-state index in [1.165, 1.54) is 7.11 Å². The average Bonchev–Trinajstić information content (AvgIpc) is 3.50.